The van der Waals surface area contributed by atoms with Gasteiger partial charge in [0, 0.05) is 17.7 Å². The average Bonchev–Trinajstić information content (AvgIpc) is 3.05. The number of non-ortho nitro benzene ring substituents is 1. The maximum atomic E-state index is 11.2. The Kier molecular flexibility index (Phi) is 5.43. The summed E-state index contributed by atoms with van der Waals surface area (Å²) in [6, 6.07) is 10.3. The summed E-state index contributed by atoms with van der Waals surface area (Å²) in [5.41, 5.74) is -0.247. The first-order valence-corrected chi connectivity index (χ1v) is 6.57. The van der Waals surface area contributed by atoms with E-state index in [9.17, 15) is 25.5 Å². The van der Waals surface area contributed by atoms with E-state index in [1.807, 2.05) is 6.07 Å². The Bertz CT molecular complexity index is 1010. The summed E-state index contributed by atoms with van der Waals surface area (Å²) in [7, 11) is 0. The van der Waals surface area contributed by atoms with Gasteiger partial charge in [0.25, 0.3) is 5.69 Å². The van der Waals surface area contributed by atoms with Gasteiger partial charge in [-0.05, 0) is 16.4 Å². The van der Waals surface area contributed by atoms with Crippen molar-refractivity contribution >= 4 is 52.0 Å². The zero-order valence-electron chi connectivity index (χ0n) is 11.8. The van der Waals surface area contributed by atoms with E-state index in [1.54, 1.807) is 6.07 Å². The zero-order chi connectivity index (χ0) is 17.3. The molecule has 3 aromatic rings. The van der Waals surface area contributed by atoms with Gasteiger partial charge in [0.15, 0.2) is 0 Å². The molecule has 1 heterocycles. The van der Waals surface area contributed by atoms with Gasteiger partial charge in [-0.3, -0.25) is 20.2 Å². The number of rotatable bonds is 4. The SMILES string of the molecule is N#CC(c1ccccc1[N+](=O)[O-])c1ccc([N+](=O)[O-])c2nonc12.[NaH]. The third kappa shape index (κ3) is 3.20. The van der Waals surface area contributed by atoms with E-state index in [1.165, 1.54) is 30.3 Å². The van der Waals surface area contributed by atoms with Crippen molar-refractivity contribution in [2.75, 3.05) is 0 Å². The molecule has 0 fully saturated rings. The second kappa shape index (κ2) is 7.35. The van der Waals surface area contributed by atoms with E-state index in [-0.39, 0.29) is 63.1 Å². The number of aromatic nitrogens is 2. The molecule has 3 rings (SSSR count). The summed E-state index contributed by atoms with van der Waals surface area (Å²) in [5, 5.41) is 38.9. The van der Waals surface area contributed by atoms with E-state index in [4.69, 9.17) is 0 Å². The number of nitro groups is 2. The van der Waals surface area contributed by atoms with E-state index in [2.05, 4.69) is 14.9 Å². The third-order valence-electron chi connectivity index (χ3n) is 3.51. The van der Waals surface area contributed by atoms with Crippen molar-refractivity contribution in [2.45, 2.75) is 5.92 Å². The van der Waals surface area contributed by atoms with Crippen molar-refractivity contribution in [2.24, 2.45) is 0 Å². The minimum absolute atomic E-state index is 0. The Morgan fingerprint density at radius 3 is 2.24 bits per heavy atom. The number of nitriles is 1. The van der Waals surface area contributed by atoms with Crippen LogP contribution in [0.3, 0.4) is 0 Å². The standard InChI is InChI=1S/C14H7N5O5.Na.H/c15-7-10(8-3-1-2-4-11(8)18(20)21)9-5-6-12(19(22)23)14-13(9)16-24-17-14;;/h1-6,10H;;. The molecule has 2 aromatic carbocycles. The van der Waals surface area contributed by atoms with Crippen molar-refractivity contribution < 1.29 is 14.5 Å². The van der Waals surface area contributed by atoms with E-state index in [0.29, 0.717) is 0 Å². The Morgan fingerprint density at radius 1 is 0.960 bits per heavy atom. The molecule has 0 aliphatic heterocycles. The number of hydrogen-bond acceptors (Lipinski definition) is 8. The first-order valence-electron chi connectivity index (χ1n) is 6.57. The molecule has 0 aliphatic carbocycles. The van der Waals surface area contributed by atoms with Gasteiger partial charge in [-0.25, -0.2) is 4.63 Å². The Balaban J connectivity index is 0.00000225. The predicted octanol–water partition coefficient (Wildman–Crippen LogP) is 2.05. The van der Waals surface area contributed by atoms with Crippen molar-refractivity contribution in [1.82, 2.24) is 10.3 Å². The molecule has 1 unspecified atom stereocenters. The van der Waals surface area contributed by atoms with Gasteiger partial charge in [-0.2, -0.15) is 5.26 Å². The van der Waals surface area contributed by atoms with Crippen LogP contribution < -0.4 is 0 Å². The second-order valence-corrected chi connectivity index (χ2v) is 4.77. The maximum absolute atomic E-state index is 11.2. The molecular weight excluding hydrogens is 341 g/mol. The zero-order valence-corrected chi connectivity index (χ0v) is 11.8. The number of nitro benzene ring substituents is 2. The van der Waals surface area contributed by atoms with Gasteiger partial charge in [-0.1, -0.05) is 18.2 Å². The quantitative estimate of drug-likeness (QED) is 0.394. The molecule has 0 bridgehead atoms. The topological polar surface area (TPSA) is 149 Å². The van der Waals surface area contributed by atoms with E-state index >= 15 is 0 Å². The molecule has 0 saturated heterocycles. The molecule has 0 spiro atoms. The summed E-state index contributed by atoms with van der Waals surface area (Å²) < 4.78 is 4.56. The van der Waals surface area contributed by atoms with Crippen LogP contribution in [-0.2, 0) is 0 Å². The predicted molar refractivity (Wildman–Crippen MR) is 86.2 cm³/mol. The number of para-hydroxylation sites is 1. The van der Waals surface area contributed by atoms with Crippen LogP contribution in [0.15, 0.2) is 41.0 Å². The fourth-order valence-corrected chi connectivity index (χ4v) is 2.46. The summed E-state index contributed by atoms with van der Waals surface area (Å²) in [5.74, 6) is -1.05. The molecule has 1 atom stereocenters. The minimum atomic E-state index is -1.05. The normalized spacial score (nSPS) is 11.3. The van der Waals surface area contributed by atoms with Gasteiger partial charge in [0.2, 0.25) is 5.52 Å². The molecule has 120 valence electrons. The summed E-state index contributed by atoms with van der Waals surface area (Å²) >= 11 is 0. The van der Waals surface area contributed by atoms with Crippen LogP contribution >= 0.6 is 0 Å². The molecular formula is C14H8N5NaO5. The third-order valence-corrected chi connectivity index (χ3v) is 3.51. The molecule has 10 nitrogen and oxygen atoms in total. The second-order valence-electron chi connectivity index (χ2n) is 4.77. The number of hydrogen-bond donors (Lipinski definition) is 0. The number of fused-ring (bicyclic) bond motifs is 1. The fourth-order valence-electron chi connectivity index (χ4n) is 2.46. The van der Waals surface area contributed by atoms with Crippen LogP contribution in [0.25, 0.3) is 11.0 Å². The average molecular weight is 349 g/mol. The molecule has 11 heteroatoms. The molecule has 1 aromatic heterocycles. The van der Waals surface area contributed by atoms with Gasteiger partial charge in [0.05, 0.1) is 21.5 Å². The molecule has 0 saturated carbocycles. The van der Waals surface area contributed by atoms with Crippen LogP contribution in [0.5, 0.6) is 0 Å². The number of benzene rings is 2. The van der Waals surface area contributed by atoms with Gasteiger partial charge in [-0.15, -0.1) is 0 Å². The molecule has 25 heavy (non-hydrogen) atoms. The van der Waals surface area contributed by atoms with Gasteiger partial charge in [0.1, 0.15) is 11.4 Å². The molecule has 0 aliphatic rings. The molecule has 0 N–H and O–H groups in total. The van der Waals surface area contributed by atoms with Crippen molar-refractivity contribution in [1.29, 1.82) is 5.26 Å². The van der Waals surface area contributed by atoms with Crippen LogP contribution in [0.2, 0.25) is 0 Å². The first-order chi connectivity index (χ1) is 11.5. The van der Waals surface area contributed by atoms with Gasteiger partial charge >= 0.3 is 35.2 Å². The van der Waals surface area contributed by atoms with Gasteiger partial charge < -0.3 is 0 Å². The van der Waals surface area contributed by atoms with E-state index < -0.39 is 15.8 Å². The molecule has 0 amide bonds. The monoisotopic (exact) mass is 349 g/mol. The van der Waals surface area contributed by atoms with Crippen LogP contribution in [-0.4, -0.2) is 49.7 Å². The van der Waals surface area contributed by atoms with Crippen molar-refractivity contribution in [3.63, 3.8) is 0 Å². The first kappa shape index (κ1) is 18.5. The Labute approximate surface area is 161 Å². The Hall–Kier alpha value is -2.87. The van der Waals surface area contributed by atoms with Crippen LogP contribution in [0.4, 0.5) is 11.4 Å². The number of nitrogens with zero attached hydrogens (tertiary/aromatic N) is 5. The van der Waals surface area contributed by atoms with Crippen LogP contribution in [0, 0.1) is 31.6 Å². The Morgan fingerprint density at radius 2 is 1.60 bits per heavy atom. The van der Waals surface area contributed by atoms with E-state index in [0.717, 1.165) is 0 Å². The summed E-state index contributed by atoms with van der Waals surface area (Å²) in [6.45, 7) is 0. The molecule has 0 radical (unpaired) electrons. The van der Waals surface area contributed by atoms with Crippen molar-refractivity contribution in [3.05, 3.63) is 67.8 Å². The fraction of sp³-hybridized carbons (Fsp3) is 0.0714. The van der Waals surface area contributed by atoms with Crippen LogP contribution in [0.1, 0.15) is 17.0 Å². The van der Waals surface area contributed by atoms with Crippen molar-refractivity contribution in [3.8, 4) is 6.07 Å². The summed E-state index contributed by atoms with van der Waals surface area (Å²) in [6.07, 6.45) is 0. The summed E-state index contributed by atoms with van der Waals surface area (Å²) in [4.78, 5) is 21.0.